The molecule has 0 atom stereocenters. The normalized spacial score (nSPS) is 14.9. The van der Waals surface area contributed by atoms with Crippen molar-refractivity contribution >= 4 is 23.2 Å². The molecule has 1 aromatic heterocycles. The van der Waals surface area contributed by atoms with Gasteiger partial charge in [-0.2, -0.15) is 0 Å². The zero-order chi connectivity index (χ0) is 15.4. The quantitative estimate of drug-likeness (QED) is 0.458. The molecule has 0 unspecified atom stereocenters. The number of hydrogen-bond acceptors (Lipinski definition) is 6. The molecule has 0 radical (unpaired) electrons. The maximum absolute atomic E-state index is 11.8. The molecule has 1 aliphatic heterocycles. The van der Waals surface area contributed by atoms with E-state index in [0.29, 0.717) is 32.0 Å². The summed E-state index contributed by atoms with van der Waals surface area (Å²) in [7, 11) is 0. The largest absolute Gasteiger partial charge is 0.353 e. The van der Waals surface area contributed by atoms with Crippen LogP contribution in [0, 0.1) is 10.1 Å². The number of piperazine rings is 1. The van der Waals surface area contributed by atoms with Crippen LogP contribution in [0.25, 0.3) is 0 Å². The summed E-state index contributed by atoms with van der Waals surface area (Å²) < 4.78 is 0. The SMILES string of the molecule is CC(=O)CC(=O)N1CCN(c2ccc([N+](=O)[O-])cn2)CC1. The third-order valence-electron chi connectivity index (χ3n) is 3.30. The Balaban J connectivity index is 1.93. The van der Waals surface area contributed by atoms with Gasteiger partial charge in [0, 0.05) is 32.2 Å². The Kier molecular flexibility index (Phi) is 4.46. The van der Waals surface area contributed by atoms with E-state index < -0.39 is 4.92 Å². The van der Waals surface area contributed by atoms with E-state index >= 15 is 0 Å². The van der Waals surface area contributed by atoms with E-state index in [1.54, 1.807) is 11.0 Å². The molecule has 0 aliphatic carbocycles. The number of amides is 1. The van der Waals surface area contributed by atoms with E-state index in [1.807, 2.05) is 4.90 Å². The first-order valence-electron chi connectivity index (χ1n) is 6.60. The molecule has 0 N–H and O–H groups in total. The highest BCUT2D eigenvalue weighted by Gasteiger charge is 2.22. The Hall–Kier alpha value is -2.51. The third-order valence-corrected chi connectivity index (χ3v) is 3.30. The van der Waals surface area contributed by atoms with Crippen LogP contribution in [0.3, 0.4) is 0 Å². The molecule has 2 heterocycles. The van der Waals surface area contributed by atoms with Crippen LogP contribution >= 0.6 is 0 Å². The lowest BCUT2D eigenvalue weighted by Gasteiger charge is -2.35. The Morgan fingerprint density at radius 3 is 2.43 bits per heavy atom. The van der Waals surface area contributed by atoms with E-state index in [4.69, 9.17) is 0 Å². The van der Waals surface area contributed by atoms with Crippen LogP contribution in [0.2, 0.25) is 0 Å². The summed E-state index contributed by atoms with van der Waals surface area (Å²) in [4.78, 5) is 40.5. The second-order valence-corrected chi connectivity index (χ2v) is 4.88. The molecular formula is C13H16N4O4. The third kappa shape index (κ3) is 3.74. The van der Waals surface area contributed by atoms with Crippen molar-refractivity contribution in [1.82, 2.24) is 9.88 Å². The van der Waals surface area contributed by atoms with Crippen molar-refractivity contribution < 1.29 is 14.5 Å². The van der Waals surface area contributed by atoms with Crippen LogP contribution < -0.4 is 4.90 Å². The van der Waals surface area contributed by atoms with Crippen LogP contribution in [0.1, 0.15) is 13.3 Å². The van der Waals surface area contributed by atoms with Gasteiger partial charge >= 0.3 is 0 Å². The highest BCUT2D eigenvalue weighted by molar-refractivity contribution is 5.96. The first-order chi connectivity index (χ1) is 9.97. The number of carbonyl (C=O) groups excluding carboxylic acids is 2. The van der Waals surface area contributed by atoms with E-state index in [9.17, 15) is 19.7 Å². The van der Waals surface area contributed by atoms with Gasteiger partial charge in [-0.15, -0.1) is 0 Å². The fourth-order valence-electron chi connectivity index (χ4n) is 2.18. The van der Waals surface area contributed by atoms with Crippen LogP contribution in [0.15, 0.2) is 18.3 Å². The zero-order valence-electron chi connectivity index (χ0n) is 11.7. The summed E-state index contributed by atoms with van der Waals surface area (Å²) in [6.45, 7) is 3.62. The lowest BCUT2D eigenvalue weighted by Crippen LogP contribution is -2.49. The molecule has 0 spiro atoms. The van der Waals surface area contributed by atoms with Crippen molar-refractivity contribution in [1.29, 1.82) is 0 Å². The molecule has 2 rings (SSSR count). The number of pyridine rings is 1. The van der Waals surface area contributed by atoms with Gasteiger partial charge in [0.2, 0.25) is 5.91 Å². The summed E-state index contributed by atoms with van der Waals surface area (Å²) >= 11 is 0. The fourth-order valence-corrected chi connectivity index (χ4v) is 2.18. The van der Waals surface area contributed by atoms with Crippen molar-refractivity contribution in [2.24, 2.45) is 0 Å². The van der Waals surface area contributed by atoms with Crippen molar-refractivity contribution in [2.75, 3.05) is 31.1 Å². The molecule has 8 heteroatoms. The predicted octanol–water partition coefficient (Wildman–Crippen LogP) is 0.617. The lowest BCUT2D eigenvalue weighted by molar-refractivity contribution is -0.385. The van der Waals surface area contributed by atoms with Crippen LogP contribution in [0.4, 0.5) is 11.5 Å². The highest BCUT2D eigenvalue weighted by Crippen LogP contribution is 2.17. The summed E-state index contributed by atoms with van der Waals surface area (Å²) in [6.07, 6.45) is 1.17. The van der Waals surface area contributed by atoms with E-state index in [-0.39, 0.29) is 23.8 Å². The summed E-state index contributed by atoms with van der Waals surface area (Å²) in [6, 6.07) is 3.01. The second-order valence-electron chi connectivity index (χ2n) is 4.88. The molecule has 8 nitrogen and oxygen atoms in total. The maximum atomic E-state index is 11.8. The standard InChI is InChI=1S/C13H16N4O4/c1-10(18)8-13(19)16-6-4-15(5-7-16)12-3-2-11(9-14-12)17(20)21/h2-3,9H,4-8H2,1H3. The summed E-state index contributed by atoms with van der Waals surface area (Å²) in [5.74, 6) is 0.359. The zero-order valence-corrected chi connectivity index (χ0v) is 11.7. The Bertz CT molecular complexity index is 550. The van der Waals surface area contributed by atoms with Gasteiger partial charge in [0.25, 0.3) is 5.69 Å². The Labute approximate surface area is 121 Å². The molecule has 112 valence electrons. The molecule has 1 saturated heterocycles. The molecule has 1 fully saturated rings. The second kappa shape index (κ2) is 6.29. The van der Waals surface area contributed by atoms with Gasteiger partial charge in [0.1, 0.15) is 17.8 Å². The maximum Gasteiger partial charge on any atom is 0.287 e. The van der Waals surface area contributed by atoms with Gasteiger partial charge in [0.05, 0.1) is 11.3 Å². The van der Waals surface area contributed by atoms with Gasteiger partial charge in [-0.1, -0.05) is 0 Å². The molecule has 0 aromatic carbocycles. The number of Topliss-reactive ketones (excluding diaryl/α,β-unsaturated/α-hetero) is 1. The Morgan fingerprint density at radius 1 is 1.29 bits per heavy atom. The molecular weight excluding hydrogens is 276 g/mol. The fraction of sp³-hybridized carbons (Fsp3) is 0.462. The smallest absolute Gasteiger partial charge is 0.287 e. The molecule has 0 bridgehead atoms. The molecule has 21 heavy (non-hydrogen) atoms. The topological polar surface area (TPSA) is 96.7 Å². The number of nitro groups is 1. The minimum Gasteiger partial charge on any atom is -0.353 e. The number of nitrogens with zero attached hydrogens (tertiary/aromatic N) is 4. The minimum absolute atomic E-state index is 0.0472. The van der Waals surface area contributed by atoms with Gasteiger partial charge in [-0.05, 0) is 13.0 Å². The van der Waals surface area contributed by atoms with Crippen molar-refractivity contribution in [2.45, 2.75) is 13.3 Å². The average molecular weight is 292 g/mol. The van der Waals surface area contributed by atoms with Crippen molar-refractivity contribution in [3.63, 3.8) is 0 Å². The highest BCUT2D eigenvalue weighted by atomic mass is 16.6. The van der Waals surface area contributed by atoms with Crippen LogP contribution in [-0.2, 0) is 9.59 Å². The number of anilines is 1. The van der Waals surface area contributed by atoms with Gasteiger partial charge in [0.15, 0.2) is 0 Å². The molecule has 1 aliphatic rings. The first-order valence-corrected chi connectivity index (χ1v) is 6.60. The number of ketones is 1. The van der Waals surface area contributed by atoms with Crippen LogP contribution in [-0.4, -0.2) is 52.7 Å². The number of rotatable bonds is 4. The van der Waals surface area contributed by atoms with E-state index in [1.165, 1.54) is 19.2 Å². The van der Waals surface area contributed by atoms with Gasteiger partial charge < -0.3 is 9.80 Å². The van der Waals surface area contributed by atoms with E-state index in [2.05, 4.69) is 4.98 Å². The molecule has 0 saturated carbocycles. The molecule has 1 aromatic rings. The predicted molar refractivity (Wildman–Crippen MR) is 75.0 cm³/mol. The summed E-state index contributed by atoms with van der Waals surface area (Å²) in [5, 5.41) is 10.6. The minimum atomic E-state index is -0.491. The van der Waals surface area contributed by atoms with Crippen molar-refractivity contribution in [3.05, 3.63) is 28.4 Å². The monoisotopic (exact) mass is 292 g/mol. The van der Waals surface area contributed by atoms with Gasteiger partial charge in [-0.3, -0.25) is 19.7 Å². The summed E-state index contributed by atoms with van der Waals surface area (Å²) in [5.41, 5.74) is -0.0472. The number of hydrogen-bond donors (Lipinski definition) is 0. The van der Waals surface area contributed by atoms with E-state index in [0.717, 1.165) is 0 Å². The van der Waals surface area contributed by atoms with Gasteiger partial charge in [-0.25, -0.2) is 4.98 Å². The lowest BCUT2D eigenvalue weighted by atomic mass is 10.2. The number of aromatic nitrogens is 1. The first kappa shape index (κ1) is 14.9. The number of carbonyl (C=O) groups is 2. The van der Waals surface area contributed by atoms with Crippen LogP contribution in [0.5, 0.6) is 0 Å². The Morgan fingerprint density at radius 2 is 1.95 bits per heavy atom. The van der Waals surface area contributed by atoms with Crippen molar-refractivity contribution in [3.8, 4) is 0 Å². The average Bonchev–Trinajstić information content (AvgIpc) is 2.47. The molecule has 1 amide bonds.